The monoisotopic (exact) mass is 157 g/mol. The van der Waals surface area contributed by atoms with Crippen molar-refractivity contribution in [2.75, 3.05) is 12.0 Å². The first kappa shape index (κ1) is 9.87. The summed E-state index contributed by atoms with van der Waals surface area (Å²) in [6, 6.07) is 0.178. The Hall–Kier alpha value is -0.130. The van der Waals surface area contributed by atoms with Gasteiger partial charge in [-0.05, 0) is 17.9 Å². The molecule has 2 atom stereocenters. The van der Waals surface area contributed by atoms with E-state index in [9.17, 15) is 0 Å². The molecule has 0 aromatic rings. The summed E-state index contributed by atoms with van der Waals surface area (Å²) in [5.74, 6) is 4.21. The number of hydrogen-bond donors (Lipinski definition) is 1. The van der Waals surface area contributed by atoms with Gasteiger partial charge < -0.3 is 5.73 Å². The van der Waals surface area contributed by atoms with Crippen molar-refractivity contribution >= 4 is 11.8 Å². The fourth-order valence-corrected chi connectivity index (χ4v) is 1.50. The van der Waals surface area contributed by atoms with Crippen molar-refractivity contribution in [3.63, 3.8) is 0 Å². The third kappa shape index (κ3) is 3.81. The number of thioether (sulfide) groups is 1. The van der Waals surface area contributed by atoms with Gasteiger partial charge in [-0.2, -0.15) is 11.8 Å². The minimum absolute atomic E-state index is 0.178. The molecular weight excluding hydrogens is 142 g/mol. The fourth-order valence-electron chi connectivity index (χ4n) is 0.724. The first-order chi connectivity index (χ1) is 4.72. The van der Waals surface area contributed by atoms with E-state index < -0.39 is 0 Å². The summed E-state index contributed by atoms with van der Waals surface area (Å²) in [6.07, 6.45) is 7.91. The van der Waals surface area contributed by atoms with Crippen LogP contribution in [0.3, 0.4) is 0 Å². The molecule has 0 rings (SSSR count). The lowest BCUT2D eigenvalue weighted by molar-refractivity contribution is 0.510. The first-order valence-electron chi connectivity index (χ1n) is 3.40. The summed E-state index contributed by atoms with van der Waals surface area (Å²) in [5, 5.41) is 0. The Bertz CT molecular complexity index is 117. The third-order valence-electron chi connectivity index (χ3n) is 1.51. The average molecular weight is 157 g/mol. The molecule has 0 bridgehead atoms. The maximum atomic E-state index is 5.76. The third-order valence-corrected chi connectivity index (χ3v) is 2.37. The standard InChI is InChI=1S/C8H15NS/c1-4-5-8(9)7(2)6-10-3/h1,7-8H,5-6,9H2,2-3H3. The van der Waals surface area contributed by atoms with Gasteiger partial charge in [0.05, 0.1) is 0 Å². The molecule has 10 heavy (non-hydrogen) atoms. The maximum absolute atomic E-state index is 5.76. The average Bonchev–Trinajstić information content (AvgIpc) is 1.89. The highest BCUT2D eigenvalue weighted by molar-refractivity contribution is 7.98. The zero-order valence-corrected chi connectivity index (χ0v) is 7.45. The van der Waals surface area contributed by atoms with Crippen LogP contribution in [0.25, 0.3) is 0 Å². The molecule has 0 radical (unpaired) electrons. The highest BCUT2D eigenvalue weighted by atomic mass is 32.2. The number of nitrogens with two attached hydrogens (primary N) is 1. The van der Waals surface area contributed by atoms with Crippen molar-refractivity contribution in [1.82, 2.24) is 0 Å². The summed E-state index contributed by atoms with van der Waals surface area (Å²) in [5.41, 5.74) is 5.76. The van der Waals surface area contributed by atoms with Crippen LogP contribution in [-0.4, -0.2) is 18.1 Å². The topological polar surface area (TPSA) is 26.0 Å². The summed E-state index contributed by atoms with van der Waals surface area (Å²) < 4.78 is 0. The second-order valence-electron chi connectivity index (χ2n) is 2.50. The largest absolute Gasteiger partial charge is 0.327 e. The molecule has 0 spiro atoms. The predicted molar refractivity (Wildman–Crippen MR) is 49.0 cm³/mol. The Morgan fingerprint density at radius 3 is 2.70 bits per heavy atom. The second kappa shape index (κ2) is 5.64. The molecule has 1 nitrogen and oxygen atoms in total. The summed E-state index contributed by atoms with van der Waals surface area (Å²) in [7, 11) is 0. The molecule has 0 aliphatic rings. The van der Waals surface area contributed by atoms with Gasteiger partial charge in [0.15, 0.2) is 0 Å². The van der Waals surface area contributed by atoms with Gasteiger partial charge in [0.25, 0.3) is 0 Å². The lowest BCUT2D eigenvalue weighted by Crippen LogP contribution is -2.29. The Morgan fingerprint density at radius 1 is 1.70 bits per heavy atom. The van der Waals surface area contributed by atoms with Crippen LogP contribution in [0.15, 0.2) is 0 Å². The van der Waals surface area contributed by atoms with Crippen LogP contribution in [0.4, 0.5) is 0 Å². The lowest BCUT2D eigenvalue weighted by Gasteiger charge is -2.15. The second-order valence-corrected chi connectivity index (χ2v) is 3.42. The van der Waals surface area contributed by atoms with Gasteiger partial charge in [0.2, 0.25) is 0 Å². The molecule has 0 fully saturated rings. The van der Waals surface area contributed by atoms with Crippen LogP contribution in [0.1, 0.15) is 13.3 Å². The lowest BCUT2D eigenvalue weighted by atomic mass is 10.0. The number of rotatable bonds is 4. The van der Waals surface area contributed by atoms with Gasteiger partial charge in [0.1, 0.15) is 0 Å². The summed E-state index contributed by atoms with van der Waals surface area (Å²) >= 11 is 1.82. The van der Waals surface area contributed by atoms with E-state index >= 15 is 0 Å². The molecule has 2 unspecified atom stereocenters. The van der Waals surface area contributed by atoms with Crippen molar-refractivity contribution in [2.24, 2.45) is 11.7 Å². The molecule has 2 heteroatoms. The van der Waals surface area contributed by atoms with Crippen LogP contribution in [0.2, 0.25) is 0 Å². The molecule has 0 aromatic heterocycles. The number of terminal acetylenes is 1. The Morgan fingerprint density at radius 2 is 2.30 bits per heavy atom. The van der Waals surface area contributed by atoms with Crippen LogP contribution in [0.5, 0.6) is 0 Å². The van der Waals surface area contributed by atoms with Gasteiger partial charge in [-0.1, -0.05) is 6.92 Å². The van der Waals surface area contributed by atoms with E-state index in [1.807, 2.05) is 11.8 Å². The smallest absolute Gasteiger partial charge is 0.0241 e. The molecule has 0 aliphatic carbocycles. The predicted octanol–water partition coefficient (Wildman–Crippen LogP) is 1.34. The zero-order valence-electron chi connectivity index (χ0n) is 6.63. The molecule has 0 heterocycles. The first-order valence-corrected chi connectivity index (χ1v) is 4.79. The molecule has 0 aromatic carbocycles. The van der Waals surface area contributed by atoms with Gasteiger partial charge in [-0.3, -0.25) is 0 Å². The van der Waals surface area contributed by atoms with Crippen LogP contribution in [0, 0.1) is 18.3 Å². The fraction of sp³-hybridized carbons (Fsp3) is 0.750. The van der Waals surface area contributed by atoms with Crippen LogP contribution in [-0.2, 0) is 0 Å². The molecular formula is C8H15NS. The molecule has 0 saturated carbocycles. The molecule has 0 aliphatic heterocycles. The van der Waals surface area contributed by atoms with E-state index in [0.29, 0.717) is 12.3 Å². The maximum Gasteiger partial charge on any atom is 0.0241 e. The van der Waals surface area contributed by atoms with Crippen LogP contribution < -0.4 is 5.73 Å². The molecule has 0 saturated heterocycles. The molecule has 0 amide bonds. The summed E-state index contributed by atoms with van der Waals surface area (Å²) in [4.78, 5) is 0. The Kier molecular flexibility index (Phi) is 5.57. The zero-order chi connectivity index (χ0) is 7.98. The molecule has 2 N–H and O–H groups in total. The Labute approximate surface area is 67.8 Å². The highest BCUT2D eigenvalue weighted by Gasteiger charge is 2.09. The van der Waals surface area contributed by atoms with Crippen molar-refractivity contribution < 1.29 is 0 Å². The van der Waals surface area contributed by atoms with E-state index in [2.05, 4.69) is 19.1 Å². The van der Waals surface area contributed by atoms with Gasteiger partial charge in [-0.25, -0.2) is 0 Å². The van der Waals surface area contributed by atoms with Crippen molar-refractivity contribution in [3.8, 4) is 12.3 Å². The van der Waals surface area contributed by atoms with E-state index in [4.69, 9.17) is 12.2 Å². The van der Waals surface area contributed by atoms with Gasteiger partial charge >= 0.3 is 0 Å². The number of hydrogen-bond acceptors (Lipinski definition) is 2. The summed E-state index contributed by atoms with van der Waals surface area (Å²) in [6.45, 7) is 2.14. The van der Waals surface area contributed by atoms with E-state index in [1.165, 1.54) is 0 Å². The highest BCUT2D eigenvalue weighted by Crippen LogP contribution is 2.09. The van der Waals surface area contributed by atoms with E-state index in [1.54, 1.807) is 0 Å². The van der Waals surface area contributed by atoms with Crippen LogP contribution >= 0.6 is 11.8 Å². The van der Waals surface area contributed by atoms with Crippen molar-refractivity contribution in [3.05, 3.63) is 0 Å². The van der Waals surface area contributed by atoms with E-state index in [-0.39, 0.29) is 6.04 Å². The van der Waals surface area contributed by atoms with Gasteiger partial charge in [-0.15, -0.1) is 12.3 Å². The van der Waals surface area contributed by atoms with Crippen molar-refractivity contribution in [1.29, 1.82) is 0 Å². The van der Waals surface area contributed by atoms with Gasteiger partial charge in [0, 0.05) is 12.5 Å². The normalized spacial score (nSPS) is 15.8. The molecule has 58 valence electrons. The SMILES string of the molecule is C#CCC(N)C(C)CSC. The van der Waals surface area contributed by atoms with Crippen molar-refractivity contribution in [2.45, 2.75) is 19.4 Å². The van der Waals surface area contributed by atoms with E-state index in [0.717, 1.165) is 5.75 Å². The minimum atomic E-state index is 0.178. The minimum Gasteiger partial charge on any atom is -0.327 e. The quantitative estimate of drug-likeness (QED) is 0.623. The Balaban J connectivity index is 3.50.